The third kappa shape index (κ3) is 4.25. The molecule has 8 nitrogen and oxygen atoms in total. The molecular weight excluding hydrogens is 442 g/mol. The smallest absolute Gasteiger partial charge is 0.341 e. The van der Waals surface area contributed by atoms with Crippen LogP contribution in [0.5, 0.6) is 0 Å². The molecule has 1 aliphatic carbocycles. The van der Waals surface area contributed by atoms with Crippen molar-refractivity contribution in [3.8, 4) is 11.1 Å². The van der Waals surface area contributed by atoms with Crippen LogP contribution >= 0.6 is 11.3 Å². The number of nitrogens with zero attached hydrogens (tertiary/aromatic N) is 1. The van der Waals surface area contributed by atoms with Crippen LogP contribution in [0.1, 0.15) is 54.1 Å². The van der Waals surface area contributed by atoms with Gasteiger partial charge in [-0.25, -0.2) is 9.59 Å². The number of carbonyl (C=O) groups is 4. The van der Waals surface area contributed by atoms with Crippen LogP contribution in [0.3, 0.4) is 0 Å². The van der Waals surface area contributed by atoms with Crippen LogP contribution in [0, 0.1) is 13.8 Å². The Morgan fingerprint density at radius 3 is 2.58 bits per heavy atom. The molecule has 0 radical (unpaired) electrons. The lowest BCUT2D eigenvalue weighted by Gasteiger charge is -2.19. The molecule has 1 aliphatic heterocycles. The number of hydrogen-bond acceptors (Lipinski definition) is 6. The van der Waals surface area contributed by atoms with Crippen molar-refractivity contribution in [3.05, 3.63) is 40.3 Å². The molecule has 174 valence electrons. The fourth-order valence-corrected chi connectivity index (χ4v) is 5.58. The molecule has 33 heavy (non-hydrogen) atoms. The predicted octanol–water partition coefficient (Wildman–Crippen LogP) is 4.01. The zero-order valence-electron chi connectivity index (χ0n) is 18.9. The van der Waals surface area contributed by atoms with E-state index in [-0.39, 0.29) is 18.1 Å². The number of rotatable bonds is 6. The number of anilines is 1. The minimum absolute atomic E-state index is 0.193. The van der Waals surface area contributed by atoms with Crippen molar-refractivity contribution in [2.45, 2.75) is 52.0 Å². The lowest BCUT2D eigenvalue weighted by Crippen LogP contribution is -2.44. The van der Waals surface area contributed by atoms with Crippen LogP contribution < -0.4 is 10.6 Å². The molecule has 2 aromatic rings. The van der Waals surface area contributed by atoms with Crippen LogP contribution in [0.4, 0.5) is 9.80 Å². The number of benzene rings is 1. The van der Waals surface area contributed by atoms with Gasteiger partial charge in [0.2, 0.25) is 5.91 Å². The van der Waals surface area contributed by atoms with Gasteiger partial charge in [-0.2, -0.15) is 0 Å². The molecular formula is C24H27N3O5S. The second-order valence-electron chi connectivity index (χ2n) is 8.55. The number of nitrogens with one attached hydrogen (secondary N) is 2. The monoisotopic (exact) mass is 469 g/mol. The van der Waals surface area contributed by atoms with Crippen molar-refractivity contribution in [2.75, 3.05) is 18.5 Å². The van der Waals surface area contributed by atoms with E-state index in [0.29, 0.717) is 23.4 Å². The second kappa shape index (κ2) is 8.97. The van der Waals surface area contributed by atoms with Gasteiger partial charge in [0.15, 0.2) is 0 Å². The van der Waals surface area contributed by atoms with Gasteiger partial charge in [0.05, 0.1) is 6.61 Å². The Labute approximate surface area is 196 Å². The van der Waals surface area contributed by atoms with Gasteiger partial charge in [-0.05, 0) is 44.7 Å². The Balaban J connectivity index is 1.58. The summed E-state index contributed by atoms with van der Waals surface area (Å²) in [7, 11) is 0. The summed E-state index contributed by atoms with van der Waals surface area (Å²) in [5.74, 6) is -1.44. The summed E-state index contributed by atoms with van der Waals surface area (Å²) in [4.78, 5) is 51.8. The van der Waals surface area contributed by atoms with Gasteiger partial charge in [-0.3, -0.25) is 14.5 Å². The molecule has 1 spiro atoms. The summed E-state index contributed by atoms with van der Waals surface area (Å²) in [6.45, 7) is 5.46. The van der Waals surface area contributed by atoms with Crippen molar-refractivity contribution in [2.24, 2.45) is 0 Å². The number of thiophene rings is 1. The molecule has 4 rings (SSSR count). The number of urea groups is 1. The van der Waals surface area contributed by atoms with E-state index in [2.05, 4.69) is 10.6 Å². The number of ether oxygens (including phenoxy) is 1. The molecule has 0 atom stereocenters. The Hall–Kier alpha value is -3.20. The van der Waals surface area contributed by atoms with Gasteiger partial charge in [-0.15, -0.1) is 11.3 Å². The van der Waals surface area contributed by atoms with Gasteiger partial charge >= 0.3 is 12.0 Å². The van der Waals surface area contributed by atoms with Crippen molar-refractivity contribution < 1.29 is 23.9 Å². The van der Waals surface area contributed by atoms with Crippen LogP contribution in [0.15, 0.2) is 23.6 Å². The first-order chi connectivity index (χ1) is 15.8. The third-order valence-electron chi connectivity index (χ3n) is 6.20. The van der Waals surface area contributed by atoms with E-state index in [4.69, 9.17) is 4.74 Å². The Kier molecular flexibility index (Phi) is 6.25. The minimum Gasteiger partial charge on any atom is -0.462 e. The van der Waals surface area contributed by atoms with E-state index in [0.717, 1.165) is 34.4 Å². The van der Waals surface area contributed by atoms with Crippen LogP contribution in [-0.4, -0.2) is 47.4 Å². The number of aryl methyl sites for hydroxylation is 2. The highest BCUT2D eigenvalue weighted by Crippen LogP contribution is 2.38. The zero-order chi connectivity index (χ0) is 23.8. The average molecular weight is 470 g/mol. The zero-order valence-corrected chi connectivity index (χ0v) is 19.8. The molecule has 4 amide bonds. The maximum atomic E-state index is 12.8. The molecule has 2 fully saturated rings. The molecule has 2 heterocycles. The molecule has 2 N–H and O–H groups in total. The Bertz CT molecular complexity index is 1130. The number of imide groups is 1. The van der Waals surface area contributed by atoms with E-state index in [9.17, 15) is 19.2 Å². The summed E-state index contributed by atoms with van der Waals surface area (Å²) < 4.78 is 5.25. The SMILES string of the molecule is CCOC(=O)c1c(-c2ccc(C)cc2C)csc1NC(=O)CN1C(=O)NC2(CCCC2)C1=O. The van der Waals surface area contributed by atoms with Crippen molar-refractivity contribution in [1.29, 1.82) is 0 Å². The van der Waals surface area contributed by atoms with E-state index >= 15 is 0 Å². The maximum absolute atomic E-state index is 12.8. The summed E-state index contributed by atoms with van der Waals surface area (Å²) >= 11 is 1.21. The third-order valence-corrected chi connectivity index (χ3v) is 7.10. The standard InChI is InChI=1S/C24H27N3O5S/c1-4-32-21(29)19-17(16-8-7-14(2)11-15(16)3)13-33-20(19)25-18(28)12-27-22(30)24(26-23(27)31)9-5-6-10-24/h7-8,11,13H,4-6,9-10,12H2,1-3H3,(H,25,28)(H,26,31). The fourth-order valence-electron chi connectivity index (χ4n) is 4.62. The van der Waals surface area contributed by atoms with Gasteiger partial charge in [-0.1, -0.05) is 36.6 Å². The Morgan fingerprint density at radius 1 is 1.18 bits per heavy atom. The molecule has 0 unspecified atom stereocenters. The van der Waals surface area contributed by atoms with E-state index in [1.165, 1.54) is 11.3 Å². The highest BCUT2D eigenvalue weighted by molar-refractivity contribution is 7.15. The number of esters is 1. The van der Waals surface area contributed by atoms with E-state index in [1.54, 1.807) is 12.3 Å². The number of amides is 4. The quantitative estimate of drug-likeness (QED) is 0.491. The van der Waals surface area contributed by atoms with Gasteiger partial charge in [0.1, 0.15) is 22.6 Å². The first-order valence-corrected chi connectivity index (χ1v) is 11.9. The summed E-state index contributed by atoms with van der Waals surface area (Å²) in [6, 6.07) is 5.38. The molecule has 1 aromatic heterocycles. The molecule has 1 saturated heterocycles. The van der Waals surface area contributed by atoms with Crippen LogP contribution in [0.2, 0.25) is 0 Å². The summed E-state index contributed by atoms with van der Waals surface area (Å²) in [5.41, 5.74) is 3.05. The number of hydrogen-bond donors (Lipinski definition) is 2. The number of carbonyl (C=O) groups excluding carboxylic acids is 4. The van der Waals surface area contributed by atoms with Crippen LogP contribution in [0.25, 0.3) is 11.1 Å². The van der Waals surface area contributed by atoms with Gasteiger partial charge in [0, 0.05) is 10.9 Å². The van der Waals surface area contributed by atoms with Gasteiger partial charge in [0.25, 0.3) is 5.91 Å². The topological polar surface area (TPSA) is 105 Å². The second-order valence-corrected chi connectivity index (χ2v) is 9.43. The lowest BCUT2D eigenvalue weighted by atomic mass is 9.97. The summed E-state index contributed by atoms with van der Waals surface area (Å²) in [5, 5.41) is 7.63. The average Bonchev–Trinajstić information content (AvgIpc) is 3.44. The predicted molar refractivity (Wildman–Crippen MR) is 125 cm³/mol. The molecule has 9 heteroatoms. The van der Waals surface area contributed by atoms with E-state index in [1.807, 2.05) is 32.0 Å². The minimum atomic E-state index is -0.869. The largest absolute Gasteiger partial charge is 0.462 e. The summed E-state index contributed by atoms with van der Waals surface area (Å²) in [6.07, 6.45) is 2.91. The van der Waals surface area contributed by atoms with Gasteiger partial charge < -0.3 is 15.4 Å². The lowest BCUT2D eigenvalue weighted by molar-refractivity contribution is -0.133. The first kappa shape index (κ1) is 23.0. The normalized spacial score (nSPS) is 16.9. The highest BCUT2D eigenvalue weighted by Gasteiger charge is 2.52. The first-order valence-electron chi connectivity index (χ1n) is 11.1. The molecule has 1 aromatic carbocycles. The highest BCUT2D eigenvalue weighted by atomic mass is 32.1. The van der Waals surface area contributed by atoms with E-state index < -0.39 is 30.0 Å². The van der Waals surface area contributed by atoms with Crippen molar-refractivity contribution >= 4 is 40.2 Å². The molecule has 0 bridgehead atoms. The Morgan fingerprint density at radius 2 is 1.91 bits per heavy atom. The fraction of sp³-hybridized carbons (Fsp3) is 0.417. The van der Waals surface area contributed by atoms with Crippen molar-refractivity contribution in [1.82, 2.24) is 10.2 Å². The maximum Gasteiger partial charge on any atom is 0.341 e. The van der Waals surface area contributed by atoms with Crippen LogP contribution in [-0.2, 0) is 14.3 Å². The molecule has 2 aliphatic rings. The molecule has 1 saturated carbocycles. The van der Waals surface area contributed by atoms with Crippen molar-refractivity contribution in [3.63, 3.8) is 0 Å².